The van der Waals surface area contributed by atoms with Crippen LogP contribution >= 0.6 is 0 Å². The van der Waals surface area contributed by atoms with Crippen LogP contribution in [0.3, 0.4) is 0 Å². The number of aryl methyl sites for hydroxylation is 1. The summed E-state index contributed by atoms with van der Waals surface area (Å²) in [5.74, 6) is 1.32. The summed E-state index contributed by atoms with van der Waals surface area (Å²) in [6, 6.07) is 13.5. The third kappa shape index (κ3) is 3.86. The highest BCUT2D eigenvalue weighted by Crippen LogP contribution is 2.44. The minimum absolute atomic E-state index is 0.0829. The molecule has 2 fully saturated rings. The highest BCUT2D eigenvalue weighted by atomic mass is 32.2. The van der Waals surface area contributed by atoms with E-state index in [9.17, 15) is 13.2 Å². The molecule has 3 atom stereocenters. The molecule has 2 aliphatic rings. The molecule has 2 bridgehead atoms. The molecule has 0 aromatic heterocycles. The fourth-order valence-corrected chi connectivity index (χ4v) is 5.35. The normalized spacial score (nSPS) is 24.0. The van der Waals surface area contributed by atoms with Crippen LogP contribution in [0.4, 0.5) is 5.69 Å². The lowest BCUT2D eigenvalue weighted by Crippen LogP contribution is -2.38. The van der Waals surface area contributed by atoms with Gasteiger partial charge >= 0.3 is 0 Å². The Morgan fingerprint density at radius 3 is 2.26 bits per heavy atom. The number of anilines is 1. The number of nitrogens with one attached hydrogen (secondary N) is 2. The van der Waals surface area contributed by atoms with Crippen LogP contribution < -0.4 is 10.0 Å². The molecule has 2 aromatic rings. The number of sulfonamides is 1. The highest BCUT2D eigenvalue weighted by Gasteiger charge is 2.40. The van der Waals surface area contributed by atoms with E-state index in [1.54, 1.807) is 48.5 Å². The first kappa shape index (κ1) is 18.0. The van der Waals surface area contributed by atoms with E-state index in [1.165, 1.54) is 19.3 Å². The van der Waals surface area contributed by atoms with Crippen molar-refractivity contribution in [3.05, 3.63) is 59.7 Å². The van der Waals surface area contributed by atoms with Crippen LogP contribution in [0.2, 0.25) is 0 Å². The van der Waals surface area contributed by atoms with Crippen LogP contribution in [-0.2, 0) is 10.0 Å². The van der Waals surface area contributed by atoms with Gasteiger partial charge in [0.15, 0.2) is 0 Å². The van der Waals surface area contributed by atoms with Crippen molar-refractivity contribution >= 4 is 21.6 Å². The fraction of sp³-hybridized carbons (Fsp3) is 0.381. The first-order valence-electron chi connectivity index (χ1n) is 9.41. The monoisotopic (exact) mass is 384 g/mol. The summed E-state index contributed by atoms with van der Waals surface area (Å²) < 4.78 is 27.4. The van der Waals surface area contributed by atoms with Crippen LogP contribution in [-0.4, -0.2) is 20.4 Å². The summed E-state index contributed by atoms with van der Waals surface area (Å²) in [6.45, 7) is 1.91. The van der Waals surface area contributed by atoms with Crippen LogP contribution in [0, 0.1) is 18.8 Å². The summed E-state index contributed by atoms with van der Waals surface area (Å²) in [5, 5.41) is 3.15. The predicted octanol–water partition coefficient (Wildman–Crippen LogP) is 3.71. The molecule has 27 heavy (non-hydrogen) atoms. The van der Waals surface area contributed by atoms with Gasteiger partial charge < -0.3 is 5.32 Å². The molecule has 2 N–H and O–H groups in total. The molecule has 2 saturated carbocycles. The van der Waals surface area contributed by atoms with Crippen LogP contribution in [0.25, 0.3) is 0 Å². The Morgan fingerprint density at radius 1 is 0.963 bits per heavy atom. The fourth-order valence-electron chi connectivity index (χ4n) is 4.29. The molecular formula is C21H24N2O3S. The van der Waals surface area contributed by atoms with Crippen molar-refractivity contribution in [3.63, 3.8) is 0 Å². The summed E-state index contributed by atoms with van der Waals surface area (Å²) in [4.78, 5) is 12.7. The number of hydrogen-bond acceptors (Lipinski definition) is 3. The van der Waals surface area contributed by atoms with Crippen molar-refractivity contribution in [2.24, 2.45) is 11.8 Å². The average Bonchev–Trinajstić information content (AvgIpc) is 3.25. The van der Waals surface area contributed by atoms with E-state index in [-0.39, 0.29) is 16.8 Å². The van der Waals surface area contributed by atoms with E-state index in [1.807, 2.05) is 6.92 Å². The summed E-state index contributed by atoms with van der Waals surface area (Å²) >= 11 is 0. The summed E-state index contributed by atoms with van der Waals surface area (Å²) in [5.41, 5.74) is 1.99. The number of carbonyl (C=O) groups excluding carboxylic acids is 1. The lowest BCUT2D eigenvalue weighted by atomic mass is 9.95. The molecule has 5 nitrogen and oxygen atoms in total. The minimum atomic E-state index is -3.64. The topological polar surface area (TPSA) is 75.3 Å². The molecule has 0 unspecified atom stereocenters. The Morgan fingerprint density at radius 2 is 1.67 bits per heavy atom. The third-order valence-electron chi connectivity index (χ3n) is 5.79. The highest BCUT2D eigenvalue weighted by molar-refractivity contribution is 7.92. The Labute approximate surface area is 160 Å². The molecular weight excluding hydrogens is 360 g/mol. The molecule has 0 heterocycles. The maximum absolute atomic E-state index is 12.5. The van der Waals surface area contributed by atoms with Crippen molar-refractivity contribution in [2.75, 3.05) is 4.72 Å². The largest absolute Gasteiger partial charge is 0.349 e. The Kier molecular flexibility index (Phi) is 4.68. The Hall–Kier alpha value is -2.34. The number of hydrogen-bond donors (Lipinski definition) is 2. The molecule has 2 aliphatic carbocycles. The predicted molar refractivity (Wildman–Crippen MR) is 105 cm³/mol. The van der Waals surface area contributed by atoms with E-state index in [2.05, 4.69) is 10.0 Å². The van der Waals surface area contributed by atoms with Gasteiger partial charge in [-0.05, 0) is 74.4 Å². The van der Waals surface area contributed by atoms with Gasteiger partial charge in [0.25, 0.3) is 15.9 Å². The maximum Gasteiger partial charge on any atom is 0.261 e. The van der Waals surface area contributed by atoms with Crippen LogP contribution in [0.15, 0.2) is 53.4 Å². The van der Waals surface area contributed by atoms with Crippen molar-refractivity contribution < 1.29 is 13.2 Å². The van der Waals surface area contributed by atoms with Gasteiger partial charge in [0.1, 0.15) is 0 Å². The first-order valence-corrected chi connectivity index (χ1v) is 10.9. The standard InChI is InChI=1S/C21H24N2O3S/c1-14-2-10-19(11-3-14)27(25,26)23-18-8-6-16(7-9-18)21(24)22-20-13-15-4-5-17(20)12-15/h2-3,6-11,15,17,20,23H,4-5,12-13H2,1H3,(H,22,24)/t15-,17+,20-/m0/s1. The lowest BCUT2D eigenvalue weighted by Gasteiger charge is -2.22. The SMILES string of the molecule is Cc1ccc(S(=O)(=O)Nc2ccc(C(=O)N[C@H]3C[C@H]4CC[C@@H]3C4)cc2)cc1. The summed E-state index contributed by atoms with van der Waals surface area (Å²) in [6.07, 6.45) is 4.84. The average molecular weight is 385 g/mol. The quantitative estimate of drug-likeness (QED) is 0.825. The van der Waals surface area contributed by atoms with Crippen molar-refractivity contribution in [3.8, 4) is 0 Å². The minimum Gasteiger partial charge on any atom is -0.349 e. The Balaban J connectivity index is 1.41. The molecule has 142 valence electrons. The smallest absolute Gasteiger partial charge is 0.261 e. The Bertz CT molecular complexity index is 936. The first-order chi connectivity index (χ1) is 12.9. The van der Waals surface area contributed by atoms with Crippen molar-refractivity contribution in [1.82, 2.24) is 5.32 Å². The third-order valence-corrected chi connectivity index (χ3v) is 7.18. The number of amides is 1. The zero-order valence-corrected chi connectivity index (χ0v) is 16.1. The molecule has 2 aromatic carbocycles. The lowest BCUT2D eigenvalue weighted by molar-refractivity contribution is 0.0923. The van der Waals surface area contributed by atoms with E-state index in [0.717, 1.165) is 17.9 Å². The van der Waals surface area contributed by atoms with Crippen LogP contribution in [0.5, 0.6) is 0 Å². The molecule has 4 rings (SSSR count). The maximum atomic E-state index is 12.5. The number of benzene rings is 2. The molecule has 6 heteroatoms. The van der Waals surface area contributed by atoms with Gasteiger partial charge in [-0.1, -0.05) is 24.1 Å². The molecule has 0 aliphatic heterocycles. The van der Waals surface area contributed by atoms with Gasteiger partial charge in [0.2, 0.25) is 0 Å². The molecule has 0 saturated heterocycles. The van der Waals surface area contributed by atoms with Crippen LogP contribution in [0.1, 0.15) is 41.6 Å². The van der Waals surface area contributed by atoms with Gasteiger partial charge in [-0.2, -0.15) is 0 Å². The van der Waals surface area contributed by atoms with Crippen molar-refractivity contribution in [2.45, 2.75) is 43.5 Å². The second-order valence-electron chi connectivity index (χ2n) is 7.75. The van der Waals surface area contributed by atoms with Gasteiger partial charge in [-0.3, -0.25) is 9.52 Å². The van der Waals surface area contributed by atoms with Gasteiger partial charge in [-0.25, -0.2) is 8.42 Å². The van der Waals surface area contributed by atoms with E-state index < -0.39 is 10.0 Å². The molecule has 0 radical (unpaired) electrons. The number of fused-ring (bicyclic) bond motifs is 2. The molecule has 1 amide bonds. The van der Waals surface area contributed by atoms with Gasteiger partial charge in [0, 0.05) is 17.3 Å². The zero-order valence-electron chi connectivity index (χ0n) is 15.3. The van der Waals surface area contributed by atoms with E-state index in [4.69, 9.17) is 0 Å². The number of rotatable bonds is 5. The zero-order chi connectivity index (χ0) is 19.0. The van der Waals surface area contributed by atoms with Crippen molar-refractivity contribution in [1.29, 1.82) is 0 Å². The number of carbonyl (C=O) groups is 1. The second kappa shape index (κ2) is 7.00. The molecule has 0 spiro atoms. The van der Waals surface area contributed by atoms with Gasteiger partial charge in [0.05, 0.1) is 4.90 Å². The van der Waals surface area contributed by atoms with E-state index in [0.29, 0.717) is 17.2 Å². The summed E-state index contributed by atoms with van der Waals surface area (Å²) in [7, 11) is -3.64. The van der Waals surface area contributed by atoms with Gasteiger partial charge in [-0.15, -0.1) is 0 Å². The van der Waals surface area contributed by atoms with E-state index >= 15 is 0 Å². The second-order valence-corrected chi connectivity index (χ2v) is 9.43.